The van der Waals surface area contributed by atoms with Gasteiger partial charge in [-0.05, 0) is 59.1 Å². The van der Waals surface area contributed by atoms with E-state index in [4.69, 9.17) is 0 Å². The molecule has 0 atom stereocenters. The van der Waals surface area contributed by atoms with Gasteiger partial charge in [-0.25, -0.2) is 9.37 Å². The van der Waals surface area contributed by atoms with Gasteiger partial charge < -0.3 is 5.32 Å². The van der Waals surface area contributed by atoms with E-state index in [1.165, 1.54) is 6.07 Å². The van der Waals surface area contributed by atoms with Crippen LogP contribution in [0.25, 0.3) is 0 Å². The summed E-state index contributed by atoms with van der Waals surface area (Å²) in [6, 6.07) is 6.87. The predicted molar refractivity (Wildman–Crippen MR) is 71.1 cm³/mol. The molecule has 2 rings (SSSR count). The molecular formula is C13H12BrFN2. The molecule has 2 nitrogen and oxygen atoms in total. The zero-order chi connectivity index (χ0) is 12.4. The second-order valence-electron chi connectivity index (χ2n) is 3.95. The van der Waals surface area contributed by atoms with Crippen molar-refractivity contribution in [3.8, 4) is 0 Å². The molecule has 88 valence electrons. The third kappa shape index (κ3) is 2.82. The quantitative estimate of drug-likeness (QED) is 0.891. The molecule has 0 aliphatic heterocycles. The summed E-state index contributed by atoms with van der Waals surface area (Å²) in [6.07, 6.45) is 1.74. The van der Waals surface area contributed by atoms with Crippen molar-refractivity contribution in [3.05, 3.63) is 51.9 Å². The molecule has 2 aromatic rings. The second kappa shape index (κ2) is 4.84. The number of benzene rings is 1. The smallest absolute Gasteiger partial charge is 0.146 e. The van der Waals surface area contributed by atoms with Gasteiger partial charge in [0.1, 0.15) is 11.6 Å². The number of aryl methyl sites for hydroxylation is 2. The summed E-state index contributed by atoms with van der Waals surface area (Å²) in [7, 11) is 0. The van der Waals surface area contributed by atoms with Gasteiger partial charge in [0.15, 0.2) is 0 Å². The summed E-state index contributed by atoms with van der Waals surface area (Å²) in [4.78, 5) is 4.22. The molecule has 0 fully saturated rings. The monoisotopic (exact) mass is 294 g/mol. The average Bonchev–Trinajstić information content (AvgIpc) is 2.27. The number of hydrogen-bond donors (Lipinski definition) is 1. The Morgan fingerprint density at radius 1 is 1.18 bits per heavy atom. The van der Waals surface area contributed by atoms with Crippen LogP contribution in [0.1, 0.15) is 11.1 Å². The largest absolute Gasteiger partial charge is 0.337 e. The van der Waals surface area contributed by atoms with Crippen LogP contribution in [0.2, 0.25) is 0 Å². The average molecular weight is 295 g/mol. The zero-order valence-corrected chi connectivity index (χ0v) is 11.2. The molecular weight excluding hydrogens is 283 g/mol. The number of aromatic nitrogens is 1. The number of halogens is 2. The molecule has 0 spiro atoms. The Labute approximate surface area is 108 Å². The summed E-state index contributed by atoms with van der Waals surface area (Å²) in [6.45, 7) is 3.87. The van der Waals surface area contributed by atoms with Crippen LogP contribution in [-0.4, -0.2) is 4.98 Å². The molecule has 0 amide bonds. The summed E-state index contributed by atoms with van der Waals surface area (Å²) in [5, 5.41) is 2.98. The van der Waals surface area contributed by atoms with Crippen molar-refractivity contribution in [1.29, 1.82) is 0 Å². The van der Waals surface area contributed by atoms with E-state index in [1.807, 2.05) is 19.9 Å². The molecule has 0 bridgehead atoms. The number of nitrogens with zero attached hydrogens (tertiary/aromatic N) is 1. The van der Waals surface area contributed by atoms with E-state index < -0.39 is 0 Å². The summed E-state index contributed by atoms with van der Waals surface area (Å²) >= 11 is 3.40. The first kappa shape index (κ1) is 12.0. The number of hydrogen-bond acceptors (Lipinski definition) is 2. The molecule has 17 heavy (non-hydrogen) atoms. The van der Waals surface area contributed by atoms with Crippen LogP contribution >= 0.6 is 15.9 Å². The minimum absolute atomic E-state index is 0.287. The van der Waals surface area contributed by atoms with Crippen molar-refractivity contribution < 1.29 is 4.39 Å². The first-order valence-electron chi connectivity index (χ1n) is 5.21. The third-order valence-corrected chi connectivity index (χ3v) is 2.96. The maximum atomic E-state index is 13.6. The Morgan fingerprint density at radius 3 is 2.65 bits per heavy atom. The van der Waals surface area contributed by atoms with E-state index in [-0.39, 0.29) is 5.82 Å². The van der Waals surface area contributed by atoms with Gasteiger partial charge in [0.05, 0.1) is 10.2 Å². The fraction of sp³-hybridized carbons (Fsp3) is 0.154. The molecule has 0 radical (unpaired) electrons. The minimum Gasteiger partial charge on any atom is -0.337 e. The Morgan fingerprint density at radius 2 is 1.94 bits per heavy atom. The SMILES string of the molecule is Cc1cnc(Nc2cc(C)ccc2F)c(Br)c1. The topological polar surface area (TPSA) is 24.9 Å². The molecule has 0 unspecified atom stereocenters. The first-order chi connectivity index (χ1) is 8.06. The van der Waals surface area contributed by atoms with Gasteiger partial charge in [-0.1, -0.05) is 6.07 Å². The maximum absolute atomic E-state index is 13.6. The molecule has 0 aliphatic carbocycles. The van der Waals surface area contributed by atoms with E-state index in [9.17, 15) is 4.39 Å². The van der Waals surface area contributed by atoms with Crippen LogP contribution in [0, 0.1) is 19.7 Å². The lowest BCUT2D eigenvalue weighted by Gasteiger charge is -2.09. The van der Waals surface area contributed by atoms with E-state index in [1.54, 1.807) is 18.3 Å². The maximum Gasteiger partial charge on any atom is 0.146 e. The molecule has 1 aromatic carbocycles. The highest BCUT2D eigenvalue weighted by Crippen LogP contribution is 2.26. The first-order valence-corrected chi connectivity index (χ1v) is 6.01. The summed E-state index contributed by atoms with van der Waals surface area (Å²) in [5.74, 6) is 0.324. The van der Waals surface area contributed by atoms with E-state index in [2.05, 4.69) is 26.2 Å². The summed E-state index contributed by atoms with van der Waals surface area (Å²) < 4.78 is 14.4. The molecule has 0 saturated heterocycles. The van der Waals surface area contributed by atoms with Gasteiger partial charge in [-0.3, -0.25) is 0 Å². The predicted octanol–water partition coefficient (Wildman–Crippen LogP) is 4.34. The number of nitrogens with one attached hydrogen (secondary N) is 1. The highest BCUT2D eigenvalue weighted by Gasteiger charge is 2.06. The molecule has 1 heterocycles. The fourth-order valence-corrected chi connectivity index (χ4v) is 2.05. The van der Waals surface area contributed by atoms with Gasteiger partial charge in [-0.15, -0.1) is 0 Å². The minimum atomic E-state index is -0.287. The number of pyridine rings is 1. The Balaban J connectivity index is 2.34. The van der Waals surface area contributed by atoms with Crippen molar-refractivity contribution in [2.75, 3.05) is 5.32 Å². The normalized spacial score (nSPS) is 10.4. The number of anilines is 2. The molecule has 0 saturated carbocycles. The third-order valence-electron chi connectivity index (χ3n) is 2.35. The Hall–Kier alpha value is -1.42. The standard InChI is InChI=1S/C13H12BrFN2/c1-8-3-4-11(15)12(6-8)17-13-10(14)5-9(2)7-16-13/h3-7H,1-2H3,(H,16,17). The Bertz CT molecular complexity index is 555. The van der Waals surface area contributed by atoms with Crippen LogP contribution in [0.15, 0.2) is 34.9 Å². The van der Waals surface area contributed by atoms with E-state index in [0.717, 1.165) is 15.6 Å². The highest BCUT2D eigenvalue weighted by molar-refractivity contribution is 9.10. The molecule has 1 aromatic heterocycles. The van der Waals surface area contributed by atoms with Crippen LogP contribution < -0.4 is 5.32 Å². The molecule has 4 heteroatoms. The lowest BCUT2D eigenvalue weighted by molar-refractivity contribution is 0.631. The molecule has 1 N–H and O–H groups in total. The Kier molecular flexibility index (Phi) is 3.43. The molecule has 0 aliphatic rings. The van der Waals surface area contributed by atoms with Crippen LogP contribution in [0.4, 0.5) is 15.9 Å². The van der Waals surface area contributed by atoms with Crippen molar-refractivity contribution in [1.82, 2.24) is 4.98 Å². The second-order valence-corrected chi connectivity index (χ2v) is 4.81. The van der Waals surface area contributed by atoms with Crippen molar-refractivity contribution in [2.45, 2.75) is 13.8 Å². The van der Waals surface area contributed by atoms with Gasteiger partial charge in [-0.2, -0.15) is 0 Å². The van der Waals surface area contributed by atoms with Crippen molar-refractivity contribution in [2.24, 2.45) is 0 Å². The number of rotatable bonds is 2. The van der Waals surface area contributed by atoms with Crippen LogP contribution in [0.3, 0.4) is 0 Å². The van der Waals surface area contributed by atoms with Crippen molar-refractivity contribution >= 4 is 27.4 Å². The zero-order valence-electron chi connectivity index (χ0n) is 9.59. The lowest BCUT2D eigenvalue weighted by atomic mass is 10.2. The van der Waals surface area contributed by atoms with E-state index >= 15 is 0 Å². The van der Waals surface area contributed by atoms with Gasteiger partial charge in [0, 0.05) is 6.20 Å². The summed E-state index contributed by atoms with van der Waals surface area (Å²) in [5.41, 5.74) is 2.48. The van der Waals surface area contributed by atoms with Crippen LogP contribution in [0.5, 0.6) is 0 Å². The van der Waals surface area contributed by atoms with Gasteiger partial charge >= 0.3 is 0 Å². The van der Waals surface area contributed by atoms with Crippen molar-refractivity contribution in [3.63, 3.8) is 0 Å². The van der Waals surface area contributed by atoms with Crippen LogP contribution in [-0.2, 0) is 0 Å². The highest BCUT2D eigenvalue weighted by atomic mass is 79.9. The van der Waals surface area contributed by atoms with Gasteiger partial charge in [0.25, 0.3) is 0 Å². The fourth-order valence-electron chi connectivity index (χ4n) is 1.49. The van der Waals surface area contributed by atoms with E-state index in [0.29, 0.717) is 11.5 Å². The van der Waals surface area contributed by atoms with Gasteiger partial charge in [0.2, 0.25) is 0 Å². The lowest BCUT2D eigenvalue weighted by Crippen LogP contribution is -1.98.